The summed E-state index contributed by atoms with van der Waals surface area (Å²) in [5, 5.41) is 0.746. The van der Waals surface area contributed by atoms with E-state index in [0.717, 1.165) is 62.3 Å². The van der Waals surface area contributed by atoms with E-state index < -0.39 is 21.9 Å². The number of aryl methyl sites for hydroxylation is 1. The van der Waals surface area contributed by atoms with Crippen LogP contribution in [-0.4, -0.2) is 85.0 Å². The fraction of sp³-hybridized carbons (Fsp3) is 0.579. The van der Waals surface area contributed by atoms with E-state index in [1.165, 1.54) is 11.1 Å². The maximum absolute atomic E-state index is 14.6. The van der Waals surface area contributed by atoms with Crippen LogP contribution in [-0.2, 0) is 31.2 Å². The Labute approximate surface area is 300 Å². The van der Waals surface area contributed by atoms with Gasteiger partial charge in [0, 0.05) is 36.2 Å². The lowest BCUT2D eigenvalue weighted by molar-refractivity contribution is -0.0985. The van der Waals surface area contributed by atoms with Crippen molar-refractivity contribution in [3.05, 3.63) is 70.3 Å². The van der Waals surface area contributed by atoms with Gasteiger partial charge in [-0.05, 0) is 104 Å². The van der Waals surface area contributed by atoms with Gasteiger partial charge in [-0.1, -0.05) is 36.7 Å². The molecule has 1 spiro atoms. The van der Waals surface area contributed by atoms with E-state index in [1.54, 1.807) is 18.1 Å². The molecule has 2 unspecified atom stereocenters. The molecule has 50 heavy (non-hydrogen) atoms. The van der Waals surface area contributed by atoms with Gasteiger partial charge in [-0.15, -0.1) is 4.36 Å². The summed E-state index contributed by atoms with van der Waals surface area (Å²) < 4.78 is 39.9. The molecule has 4 heterocycles. The maximum Gasteiger partial charge on any atom is 0.330 e. The number of hydrogen-bond donors (Lipinski definition) is 1. The Balaban J connectivity index is 1.18. The van der Waals surface area contributed by atoms with Gasteiger partial charge in [-0.3, -0.25) is 9.52 Å². The van der Waals surface area contributed by atoms with Gasteiger partial charge in [0.15, 0.2) is 0 Å². The summed E-state index contributed by atoms with van der Waals surface area (Å²) in [4.78, 5) is 31.6. The van der Waals surface area contributed by atoms with Crippen LogP contribution in [0, 0.1) is 17.8 Å². The summed E-state index contributed by atoms with van der Waals surface area (Å²) in [6.07, 6.45) is 10.9. The van der Waals surface area contributed by atoms with Crippen molar-refractivity contribution in [1.29, 1.82) is 0 Å². The molecule has 3 fully saturated rings. The summed E-state index contributed by atoms with van der Waals surface area (Å²) in [6, 6.07) is 11.1. The maximum atomic E-state index is 14.6. The quantitative estimate of drug-likeness (QED) is 0.370. The minimum absolute atomic E-state index is 0.0437. The van der Waals surface area contributed by atoms with Crippen LogP contribution >= 0.6 is 11.6 Å². The van der Waals surface area contributed by atoms with Gasteiger partial charge in [-0.2, -0.15) is 0 Å². The number of allylic oxidation sites excluding steroid dienone is 1. The Bertz CT molecular complexity index is 1810. The Kier molecular flexibility index (Phi) is 9.15. The zero-order valence-electron chi connectivity index (χ0n) is 28.9. The van der Waals surface area contributed by atoms with Gasteiger partial charge in [0.05, 0.1) is 49.4 Å². The average molecular weight is 723 g/mol. The number of nitrogens with one attached hydrogen (secondary N) is 1. The number of methoxy groups -OCH3 is 1. The normalized spacial score (nSPS) is 35.6. The number of morpholine rings is 1. The van der Waals surface area contributed by atoms with Gasteiger partial charge >= 0.3 is 6.03 Å². The van der Waals surface area contributed by atoms with Crippen molar-refractivity contribution in [3.63, 3.8) is 0 Å². The molecule has 1 saturated carbocycles. The number of amides is 3. The molecule has 2 aromatic rings. The average Bonchev–Trinajstić information content (AvgIpc) is 3.22. The van der Waals surface area contributed by atoms with Crippen LogP contribution in [0.1, 0.15) is 66.9 Å². The molecule has 2 aliphatic carbocycles. The SMILES string of the molecule is CO[C@H]1/C=C/C[C@H](C)C[S@@](=O)(NC(=O)N2C3COCC2C3)=NC(=O)c2ccc3c(c2)N(C[C@@H]2CC[C@H]21)C[C@@]1(CCCc2cc(Cl)ccc21)CO3. The van der Waals surface area contributed by atoms with Crippen molar-refractivity contribution in [2.24, 2.45) is 22.1 Å². The van der Waals surface area contributed by atoms with Gasteiger partial charge in [0.1, 0.15) is 15.7 Å². The number of rotatable bonds is 2. The minimum Gasteiger partial charge on any atom is -0.490 e. The van der Waals surface area contributed by atoms with Crippen molar-refractivity contribution in [3.8, 4) is 5.75 Å². The van der Waals surface area contributed by atoms with Crippen molar-refractivity contribution in [1.82, 2.24) is 9.62 Å². The number of hydrogen-bond acceptors (Lipinski definition) is 7. The molecule has 1 N–H and O–H groups in total. The summed E-state index contributed by atoms with van der Waals surface area (Å²) in [7, 11) is -1.70. The van der Waals surface area contributed by atoms with E-state index in [2.05, 4.69) is 38.3 Å². The highest BCUT2D eigenvalue weighted by Gasteiger charge is 2.47. The van der Waals surface area contributed by atoms with Crippen molar-refractivity contribution in [2.75, 3.05) is 50.7 Å². The Morgan fingerprint density at radius 1 is 1.16 bits per heavy atom. The summed E-state index contributed by atoms with van der Waals surface area (Å²) in [5.41, 5.74) is 3.46. The van der Waals surface area contributed by atoms with Gasteiger partial charge < -0.3 is 24.0 Å². The largest absolute Gasteiger partial charge is 0.490 e. The van der Waals surface area contributed by atoms with E-state index in [0.29, 0.717) is 49.4 Å². The third-order valence-corrected chi connectivity index (χ3v) is 14.2. The number of fused-ring (bicyclic) bond motifs is 6. The molecule has 0 radical (unpaired) electrons. The van der Waals surface area contributed by atoms with Crippen molar-refractivity contribution >= 4 is 39.1 Å². The smallest absolute Gasteiger partial charge is 0.330 e. The minimum atomic E-state index is -3.47. The topological polar surface area (TPSA) is 110 Å². The molecule has 0 aromatic heterocycles. The molecular weight excluding hydrogens is 676 g/mol. The molecule has 10 nitrogen and oxygen atoms in total. The Hall–Kier alpha value is -3.12. The van der Waals surface area contributed by atoms with Crippen LogP contribution in [0.15, 0.2) is 52.9 Å². The highest BCUT2D eigenvalue weighted by atomic mass is 35.5. The molecule has 12 heteroatoms. The van der Waals surface area contributed by atoms with E-state index in [4.69, 9.17) is 25.8 Å². The summed E-state index contributed by atoms with van der Waals surface area (Å²) >= 11 is 6.46. The van der Waals surface area contributed by atoms with E-state index in [9.17, 15) is 13.8 Å². The van der Waals surface area contributed by atoms with Crippen LogP contribution in [0.5, 0.6) is 5.75 Å². The number of benzene rings is 2. The van der Waals surface area contributed by atoms with Crippen LogP contribution in [0.25, 0.3) is 0 Å². The number of anilines is 1. The number of halogens is 1. The molecule has 4 aliphatic heterocycles. The number of carbonyl (C=O) groups is 2. The van der Waals surface area contributed by atoms with Gasteiger partial charge in [0.2, 0.25) is 0 Å². The van der Waals surface area contributed by atoms with Crippen LogP contribution in [0.2, 0.25) is 5.02 Å². The zero-order chi connectivity index (χ0) is 34.6. The molecule has 4 bridgehead atoms. The summed E-state index contributed by atoms with van der Waals surface area (Å²) in [5.74, 6) is 0.785. The van der Waals surface area contributed by atoms with Crippen LogP contribution in [0.4, 0.5) is 10.5 Å². The predicted octanol–water partition coefficient (Wildman–Crippen LogP) is 6.16. The van der Waals surface area contributed by atoms with Crippen molar-refractivity contribution in [2.45, 2.75) is 75.5 Å². The van der Waals surface area contributed by atoms with Gasteiger partial charge in [-0.25, -0.2) is 9.00 Å². The second-order valence-corrected chi connectivity index (χ2v) is 17.8. The molecular formula is C38H47ClN4O6S. The van der Waals surface area contributed by atoms with Crippen molar-refractivity contribution < 1.29 is 28.0 Å². The lowest BCUT2D eigenvalue weighted by Gasteiger charge is -2.51. The first-order chi connectivity index (χ1) is 24.1. The molecule has 2 aromatic carbocycles. The highest BCUT2D eigenvalue weighted by Crippen LogP contribution is 2.47. The standard InChI is InChI=1S/C38H47ClN4O6S/c1-24-5-3-7-34(47-2)31-11-8-27(31)18-42-22-38(14-4-6-25-15-28(39)10-12-32(25)38)23-49-35-13-9-26(16-33(35)42)36(44)40-50(46,21-24)41-37(45)43-29-17-30(43)20-48-19-29/h3,7,9-10,12-13,15-16,24,27,29-31,34H,4-6,8,11,14,17-23H2,1-2H3,(H,40,41,44,45,46)/b7-3+/t24-,27-,29?,30?,31+,34-,38-,50-/m0/s1. The number of ether oxygens (including phenoxy) is 3. The fourth-order valence-electron chi connectivity index (χ4n) is 9.23. The lowest BCUT2D eigenvalue weighted by atomic mass is 9.68. The van der Waals surface area contributed by atoms with Crippen LogP contribution in [0.3, 0.4) is 0 Å². The molecule has 8 atom stereocenters. The Morgan fingerprint density at radius 2 is 2.00 bits per heavy atom. The first-order valence-electron chi connectivity index (χ1n) is 18.1. The highest BCUT2D eigenvalue weighted by molar-refractivity contribution is 7.92. The predicted molar refractivity (Wildman–Crippen MR) is 193 cm³/mol. The molecule has 8 rings (SSSR count). The molecule has 6 aliphatic rings. The van der Waals surface area contributed by atoms with E-state index in [-0.39, 0.29) is 35.3 Å². The molecule has 2 saturated heterocycles. The summed E-state index contributed by atoms with van der Waals surface area (Å²) in [6.45, 7) is 4.93. The molecule has 3 amide bonds. The van der Waals surface area contributed by atoms with E-state index >= 15 is 0 Å². The number of urea groups is 1. The van der Waals surface area contributed by atoms with E-state index in [1.807, 2.05) is 25.1 Å². The second kappa shape index (κ2) is 13.5. The number of nitrogens with zero attached hydrogens (tertiary/aromatic N) is 3. The number of carbonyl (C=O) groups excluding carboxylic acids is 2. The first-order valence-corrected chi connectivity index (χ1v) is 20.2. The first kappa shape index (κ1) is 34.0. The zero-order valence-corrected chi connectivity index (χ0v) is 30.4. The molecule has 268 valence electrons. The fourth-order valence-corrected chi connectivity index (χ4v) is 11.3. The Morgan fingerprint density at radius 3 is 2.76 bits per heavy atom. The monoisotopic (exact) mass is 722 g/mol. The third-order valence-electron chi connectivity index (χ3n) is 11.9. The van der Waals surface area contributed by atoms with Crippen LogP contribution < -0.4 is 14.4 Å². The van der Waals surface area contributed by atoms with Gasteiger partial charge in [0.25, 0.3) is 5.91 Å². The second-order valence-electron chi connectivity index (χ2n) is 15.4. The third kappa shape index (κ3) is 6.33. The lowest BCUT2D eigenvalue weighted by Crippen LogP contribution is -2.68.